The molecule has 130 valence electrons. The Morgan fingerprint density at radius 2 is 2.25 bits per heavy atom. The average Bonchev–Trinajstić information content (AvgIpc) is 3.12. The smallest absolute Gasteiger partial charge is 0.318 e. The number of carbonyl (C=O) groups is 1. The molecule has 0 saturated heterocycles. The maximum absolute atomic E-state index is 12.6. The van der Waals surface area contributed by atoms with Crippen molar-refractivity contribution in [1.29, 1.82) is 0 Å². The molecule has 1 atom stereocenters. The summed E-state index contributed by atoms with van der Waals surface area (Å²) in [5.74, 6) is 1.84. The summed E-state index contributed by atoms with van der Waals surface area (Å²) in [5.41, 5.74) is 0.946. The van der Waals surface area contributed by atoms with Crippen molar-refractivity contribution in [1.82, 2.24) is 24.8 Å². The lowest BCUT2D eigenvalue weighted by Crippen LogP contribution is -2.40. The van der Waals surface area contributed by atoms with Gasteiger partial charge in [0, 0.05) is 37.8 Å². The molecule has 24 heavy (non-hydrogen) atoms. The van der Waals surface area contributed by atoms with Crippen LogP contribution in [0.3, 0.4) is 0 Å². The molecular weight excluding hydrogens is 322 g/mol. The Balaban J connectivity index is 1.63. The molecule has 0 radical (unpaired) electrons. The van der Waals surface area contributed by atoms with Crippen molar-refractivity contribution in [2.24, 2.45) is 13.0 Å². The van der Waals surface area contributed by atoms with Crippen LogP contribution in [0.25, 0.3) is 0 Å². The minimum atomic E-state index is -0.0750. The van der Waals surface area contributed by atoms with E-state index >= 15 is 0 Å². The molecule has 0 aromatic carbocycles. The zero-order valence-electron chi connectivity index (χ0n) is 14.7. The Kier molecular flexibility index (Phi) is 4.89. The summed E-state index contributed by atoms with van der Waals surface area (Å²) in [7, 11) is 3.78. The molecule has 1 N–H and O–H groups in total. The van der Waals surface area contributed by atoms with Gasteiger partial charge in [0.1, 0.15) is 5.82 Å². The van der Waals surface area contributed by atoms with E-state index in [4.69, 9.17) is 0 Å². The summed E-state index contributed by atoms with van der Waals surface area (Å²) < 4.78 is 1.98. The maximum Gasteiger partial charge on any atom is 0.318 e. The first-order valence-electron chi connectivity index (χ1n) is 8.39. The van der Waals surface area contributed by atoms with E-state index in [2.05, 4.69) is 29.1 Å². The number of carbonyl (C=O) groups excluding carboxylic acids is 1. The molecular formula is C17H25N5OS. The number of hydrogen-bond acceptors (Lipinski definition) is 4. The second-order valence-electron chi connectivity index (χ2n) is 6.85. The minimum absolute atomic E-state index is 0.0124. The van der Waals surface area contributed by atoms with Gasteiger partial charge in [0.05, 0.1) is 23.3 Å². The summed E-state index contributed by atoms with van der Waals surface area (Å²) in [5, 5.41) is 6.30. The molecule has 1 fully saturated rings. The van der Waals surface area contributed by atoms with Crippen LogP contribution < -0.4 is 5.32 Å². The van der Waals surface area contributed by atoms with Crippen molar-refractivity contribution in [3.05, 3.63) is 34.3 Å². The van der Waals surface area contributed by atoms with Gasteiger partial charge in [-0.3, -0.25) is 0 Å². The lowest BCUT2D eigenvalue weighted by Gasteiger charge is -2.23. The van der Waals surface area contributed by atoms with E-state index in [9.17, 15) is 4.79 Å². The molecule has 0 bridgehead atoms. The van der Waals surface area contributed by atoms with Gasteiger partial charge >= 0.3 is 6.03 Å². The molecule has 6 nitrogen and oxygen atoms in total. The molecule has 1 aliphatic rings. The normalized spacial score (nSPS) is 15.5. The molecule has 3 rings (SSSR count). The highest BCUT2D eigenvalue weighted by Gasteiger charge is 2.36. The Labute approximate surface area is 146 Å². The number of imidazole rings is 1. The second-order valence-corrected chi connectivity index (χ2v) is 7.74. The molecule has 1 saturated carbocycles. The average molecular weight is 347 g/mol. The van der Waals surface area contributed by atoms with Crippen molar-refractivity contribution in [3.8, 4) is 0 Å². The lowest BCUT2D eigenvalue weighted by molar-refractivity contribution is 0.199. The van der Waals surface area contributed by atoms with Gasteiger partial charge < -0.3 is 14.8 Å². The molecule has 2 amide bonds. The first kappa shape index (κ1) is 17.0. The number of aryl methyl sites for hydroxylation is 1. The third kappa shape index (κ3) is 3.77. The van der Waals surface area contributed by atoms with Gasteiger partial charge in [0.25, 0.3) is 0 Å². The maximum atomic E-state index is 12.6. The van der Waals surface area contributed by atoms with E-state index in [1.807, 2.05) is 30.2 Å². The van der Waals surface area contributed by atoms with Crippen LogP contribution in [-0.2, 0) is 13.6 Å². The summed E-state index contributed by atoms with van der Waals surface area (Å²) >= 11 is 1.66. The van der Waals surface area contributed by atoms with Crippen molar-refractivity contribution >= 4 is 17.4 Å². The van der Waals surface area contributed by atoms with Crippen molar-refractivity contribution < 1.29 is 4.79 Å². The molecule has 2 aromatic heterocycles. The van der Waals surface area contributed by atoms with Crippen molar-refractivity contribution in [2.75, 3.05) is 7.05 Å². The molecule has 2 aromatic rings. The topological polar surface area (TPSA) is 63.1 Å². The summed E-state index contributed by atoms with van der Waals surface area (Å²) in [4.78, 5) is 23.3. The highest BCUT2D eigenvalue weighted by atomic mass is 32.1. The van der Waals surface area contributed by atoms with Crippen molar-refractivity contribution in [2.45, 2.75) is 45.2 Å². The van der Waals surface area contributed by atoms with Gasteiger partial charge in [-0.25, -0.2) is 14.8 Å². The van der Waals surface area contributed by atoms with Gasteiger partial charge in [-0.2, -0.15) is 0 Å². The van der Waals surface area contributed by atoms with Gasteiger partial charge in [0.15, 0.2) is 0 Å². The van der Waals surface area contributed by atoms with Crippen LogP contribution >= 0.6 is 11.3 Å². The van der Waals surface area contributed by atoms with Crippen molar-refractivity contribution in [3.63, 3.8) is 0 Å². The Morgan fingerprint density at radius 1 is 1.50 bits per heavy atom. The largest absolute Gasteiger partial charge is 0.336 e. The van der Waals surface area contributed by atoms with Crippen LogP contribution in [0.1, 0.15) is 55.2 Å². The number of urea groups is 1. The predicted molar refractivity (Wildman–Crippen MR) is 94.9 cm³/mol. The fourth-order valence-electron chi connectivity index (χ4n) is 2.72. The molecule has 7 heteroatoms. The molecule has 0 unspecified atom stereocenters. The predicted octanol–water partition coefficient (Wildman–Crippen LogP) is 3.29. The summed E-state index contributed by atoms with van der Waals surface area (Å²) in [6.45, 7) is 4.78. The first-order valence-corrected chi connectivity index (χ1v) is 9.26. The first-order chi connectivity index (χ1) is 11.5. The quantitative estimate of drug-likeness (QED) is 0.872. The minimum Gasteiger partial charge on any atom is -0.336 e. The summed E-state index contributed by atoms with van der Waals surface area (Å²) in [6.07, 6.45) is 5.99. The van der Waals surface area contributed by atoms with Gasteiger partial charge in [0.2, 0.25) is 0 Å². The summed E-state index contributed by atoms with van der Waals surface area (Å²) in [6, 6.07) is -0.0874. The van der Waals surface area contributed by atoms with Crippen LogP contribution in [0, 0.1) is 5.92 Å². The van der Waals surface area contributed by atoms with Crippen LogP contribution in [0.2, 0.25) is 0 Å². The number of hydrogen-bond donors (Lipinski definition) is 1. The van der Waals surface area contributed by atoms with Crippen LogP contribution in [0.15, 0.2) is 17.8 Å². The monoisotopic (exact) mass is 347 g/mol. The number of aromatic nitrogens is 3. The van der Waals surface area contributed by atoms with Gasteiger partial charge in [-0.15, -0.1) is 11.3 Å². The zero-order valence-corrected chi connectivity index (χ0v) is 15.5. The Morgan fingerprint density at radius 3 is 2.79 bits per heavy atom. The number of nitrogens with zero attached hydrogens (tertiary/aromatic N) is 4. The van der Waals surface area contributed by atoms with Crippen LogP contribution in [0.4, 0.5) is 4.79 Å². The highest BCUT2D eigenvalue weighted by Crippen LogP contribution is 2.40. The lowest BCUT2D eigenvalue weighted by atomic mass is 10.1. The standard InChI is InChI=1S/C17H25N5OS/c1-11(2)16-19-13(10-24-16)9-22(4)17(23)20-14(12-5-6-12)15-18-7-8-21(15)3/h7-8,10-12,14H,5-6,9H2,1-4H3,(H,20,23)/t14-/m0/s1. The van der Waals surface area contributed by atoms with E-state index in [-0.39, 0.29) is 12.1 Å². The Hall–Kier alpha value is -1.89. The number of thiazole rings is 1. The van der Waals surface area contributed by atoms with Gasteiger partial charge in [-0.1, -0.05) is 13.8 Å². The molecule has 2 heterocycles. The SMILES string of the molecule is CC(C)c1nc(CN(C)C(=O)N[C@H](c2nccn2C)C2CC2)cs1. The number of nitrogens with one attached hydrogen (secondary N) is 1. The fourth-order valence-corrected chi connectivity index (χ4v) is 3.54. The Bertz CT molecular complexity index is 703. The van der Waals surface area contributed by atoms with E-state index in [0.717, 1.165) is 29.4 Å². The second kappa shape index (κ2) is 6.93. The number of rotatable bonds is 6. The molecule has 0 spiro atoms. The van der Waals surface area contributed by atoms with E-state index < -0.39 is 0 Å². The van der Waals surface area contributed by atoms with Crippen LogP contribution in [-0.4, -0.2) is 32.5 Å². The molecule has 0 aliphatic heterocycles. The highest BCUT2D eigenvalue weighted by molar-refractivity contribution is 7.09. The van der Waals surface area contributed by atoms with Gasteiger partial charge in [-0.05, 0) is 18.8 Å². The molecule has 1 aliphatic carbocycles. The third-order valence-corrected chi connectivity index (χ3v) is 5.51. The van der Waals surface area contributed by atoms with E-state index in [0.29, 0.717) is 18.4 Å². The number of amides is 2. The van der Waals surface area contributed by atoms with Crippen LogP contribution in [0.5, 0.6) is 0 Å². The fraction of sp³-hybridized carbons (Fsp3) is 0.588. The third-order valence-electron chi connectivity index (χ3n) is 4.32. The van der Waals surface area contributed by atoms with E-state index in [1.165, 1.54) is 0 Å². The zero-order chi connectivity index (χ0) is 17.3. The van der Waals surface area contributed by atoms with E-state index in [1.54, 1.807) is 22.4 Å².